The van der Waals surface area contributed by atoms with Gasteiger partial charge in [-0.15, -0.1) is 0 Å². The maximum Gasteiger partial charge on any atom is 0.124 e. The first-order valence-electron chi connectivity index (χ1n) is 7.69. The van der Waals surface area contributed by atoms with Gasteiger partial charge in [-0.25, -0.2) is 0 Å². The number of hydrogen-bond donors (Lipinski definition) is 3. The molecule has 1 saturated carbocycles. The highest BCUT2D eigenvalue weighted by molar-refractivity contribution is 5.36. The molecule has 19 heavy (non-hydrogen) atoms. The Balaban J connectivity index is 1.95. The lowest BCUT2D eigenvalue weighted by molar-refractivity contribution is 0.130. The zero-order valence-corrected chi connectivity index (χ0v) is 12.3. The second-order valence-electron chi connectivity index (χ2n) is 6.04. The number of fused-ring (bicyclic) bond motifs is 1. The van der Waals surface area contributed by atoms with E-state index in [1.165, 1.54) is 30.5 Å². The van der Waals surface area contributed by atoms with Crippen LogP contribution in [0.4, 0.5) is 0 Å². The lowest BCUT2D eigenvalue weighted by Crippen LogP contribution is -2.34. The lowest BCUT2D eigenvalue weighted by atomic mass is 9.80. The maximum atomic E-state index is 10.1. The van der Waals surface area contributed by atoms with Crippen molar-refractivity contribution in [3.8, 4) is 0 Å². The first-order valence-corrected chi connectivity index (χ1v) is 7.69. The quantitative estimate of drug-likeness (QED) is 0.510. The molecule has 0 aliphatic heterocycles. The Kier molecular flexibility index (Phi) is 5.06. The van der Waals surface area contributed by atoms with Gasteiger partial charge in [-0.1, -0.05) is 12.5 Å². The molecule has 0 aromatic carbocycles. The van der Waals surface area contributed by atoms with Crippen LogP contribution in [-0.2, 0) is 0 Å². The zero-order chi connectivity index (χ0) is 13.8. The minimum Gasteiger partial charge on any atom is -0.374 e. The van der Waals surface area contributed by atoms with Gasteiger partial charge in [0.05, 0.1) is 0 Å². The van der Waals surface area contributed by atoms with E-state index in [0.717, 1.165) is 19.3 Å². The van der Waals surface area contributed by atoms with Crippen molar-refractivity contribution < 1.29 is 5.11 Å². The van der Waals surface area contributed by atoms with E-state index in [1.807, 2.05) is 0 Å². The zero-order valence-electron chi connectivity index (χ0n) is 12.3. The van der Waals surface area contributed by atoms with E-state index in [2.05, 4.69) is 25.2 Å². The van der Waals surface area contributed by atoms with E-state index in [-0.39, 0.29) is 0 Å². The van der Waals surface area contributed by atoms with Crippen molar-refractivity contribution in [2.75, 3.05) is 6.54 Å². The van der Waals surface area contributed by atoms with Gasteiger partial charge in [0.15, 0.2) is 0 Å². The molecule has 108 valence electrons. The fourth-order valence-corrected chi connectivity index (χ4v) is 3.51. The van der Waals surface area contributed by atoms with Gasteiger partial charge < -0.3 is 16.2 Å². The summed E-state index contributed by atoms with van der Waals surface area (Å²) in [6.07, 6.45) is 8.45. The topological polar surface area (TPSA) is 58.3 Å². The van der Waals surface area contributed by atoms with Gasteiger partial charge in [0.25, 0.3) is 0 Å². The summed E-state index contributed by atoms with van der Waals surface area (Å²) in [5.41, 5.74) is 9.76. The highest BCUT2D eigenvalue weighted by Gasteiger charge is 2.32. The molecule has 0 heterocycles. The van der Waals surface area contributed by atoms with Gasteiger partial charge in [-0.3, -0.25) is 0 Å². The van der Waals surface area contributed by atoms with Gasteiger partial charge in [-0.05, 0) is 69.6 Å². The van der Waals surface area contributed by atoms with Crippen molar-refractivity contribution in [2.45, 2.75) is 58.6 Å². The van der Waals surface area contributed by atoms with Gasteiger partial charge in [0.1, 0.15) is 6.23 Å². The molecule has 0 bridgehead atoms. The highest BCUT2D eigenvalue weighted by atomic mass is 16.3. The Morgan fingerprint density at radius 2 is 2.26 bits per heavy atom. The molecule has 2 unspecified atom stereocenters. The van der Waals surface area contributed by atoms with Crippen LogP contribution in [0.25, 0.3) is 0 Å². The SMILES string of the molecule is CC1=C2CCCC2[C@H](C)C(NC(O)CCCCN)=C1. The Labute approximate surface area is 117 Å². The molecule has 3 nitrogen and oxygen atoms in total. The first-order chi connectivity index (χ1) is 9.13. The number of hydrogen-bond acceptors (Lipinski definition) is 3. The summed E-state index contributed by atoms with van der Waals surface area (Å²) in [4.78, 5) is 0. The highest BCUT2D eigenvalue weighted by Crippen LogP contribution is 2.43. The normalized spacial score (nSPS) is 28.1. The van der Waals surface area contributed by atoms with Crippen molar-refractivity contribution in [1.82, 2.24) is 5.32 Å². The van der Waals surface area contributed by atoms with Crippen molar-refractivity contribution >= 4 is 0 Å². The summed E-state index contributed by atoms with van der Waals surface area (Å²) in [6.45, 7) is 5.20. The van der Waals surface area contributed by atoms with Gasteiger partial charge >= 0.3 is 0 Å². The van der Waals surface area contributed by atoms with Gasteiger partial charge in [0.2, 0.25) is 0 Å². The van der Waals surface area contributed by atoms with Crippen LogP contribution < -0.4 is 11.1 Å². The average Bonchev–Trinajstić information content (AvgIpc) is 2.86. The molecule has 3 atom stereocenters. The summed E-state index contributed by atoms with van der Waals surface area (Å²) in [6, 6.07) is 0. The van der Waals surface area contributed by atoms with Crippen molar-refractivity contribution in [3.05, 3.63) is 22.9 Å². The molecule has 2 aliphatic carbocycles. The molecular formula is C16H28N2O. The minimum absolute atomic E-state index is 0.434. The van der Waals surface area contributed by atoms with Crippen LogP contribution in [0.5, 0.6) is 0 Å². The lowest BCUT2D eigenvalue weighted by Gasteiger charge is -2.31. The van der Waals surface area contributed by atoms with Crippen LogP contribution in [0.3, 0.4) is 0 Å². The van der Waals surface area contributed by atoms with Crippen LogP contribution in [0.15, 0.2) is 22.9 Å². The summed E-state index contributed by atoms with van der Waals surface area (Å²) in [5, 5.41) is 13.4. The molecule has 3 heteroatoms. The second kappa shape index (κ2) is 6.58. The number of aliphatic hydroxyl groups excluding tert-OH is 1. The van der Waals surface area contributed by atoms with E-state index in [9.17, 15) is 5.11 Å². The van der Waals surface area contributed by atoms with E-state index >= 15 is 0 Å². The predicted octanol–water partition coefficient (Wildman–Crippen LogP) is 2.67. The summed E-state index contributed by atoms with van der Waals surface area (Å²) in [7, 11) is 0. The summed E-state index contributed by atoms with van der Waals surface area (Å²) in [5.74, 6) is 1.22. The average molecular weight is 264 g/mol. The fourth-order valence-electron chi connectivity index (χ4n) is 3.51. The fraction of sp³-hybridized carbons (Fsp3) is 0.750. The van der Waals surface area contributed by atoms with Crippen LogP contribution in [-0.4, -0.2) is 17.9 Å². The van der Waals surface area contributed by atoms with Gasteiger partial charge in [-0.2, -0.15) is 0 Å². The minimum atomic E-state index is -0.434. The van der Waals surface area contributed by atoms with E-state index < -0.39 is 6.23 Å². The Morgan fingerprint density at radius 1 is 1.47 bits per heavy atom. The Bertz CT molecular complexity index is 373. The molecule has 0 radical (unpaired) electrons. The van der Waals surface area contributed by atoms with E-state index in [4.69, 9.17) is 5.73 Å². The molecule has 0 amide bonds. The van der Waals surface area contributed by atoms with Gasteiger partial charge in [0, 0.05) is 11.6 Å². The maximum absolute atomic E-state index is 10.1. The summed E-state index contributed by atoms with van der Waals surface area (Å²) >= 11 is 0. The van der Waals surface area contributed by atoms with Crippen LogP contribution in [0, 0.1) is 11.8 Å². The standard InChI is InChI=1S/C16H28N2O/c1-11-10-15(18-16(19)8-3-4-9-17)12(2)14-7-5-6-13(11)14/h10,12,14,16,18-19H,3-9,17H2,1-2H3/t12-,14?,16?/m0/s1. The molecule has 4 N–H and O–H groups in total. The van der Waals surface area contributed by atoms with Crippen molar-refractivity contribution in [1.29, 1.82) is 0 Å². The number of nitrogens with one attached hydrogen (secondary N) is 1. The number of nitrogens with two attached hydrogens (primary N) is 1. The third-order valence-electron chi connectivity index (χ3n) is 4.65. The van der Waals surface area contributed by atoms with Crippen molar-refractivity contribution in [2.24, 2.45) is 17.6 Å². The third-order valence-corrected chi connectivity index (χ3v) is 4.65. The monoisotopic (exact) mass is 264 g/mol. The second-order valence-corrected chi connectivity index (χ2v) is 6.04. The first kappa shape index (κ1) is 14.6. The molecule has 0 aromatic rings. The van der Waals surface area contributed by atoms with Crippen LogP contribution in [0.1, 0.15) is 52.4 Å². The van der Waals surface area contributed by atoms with E-state index in [0.29, 0.717) is 18.4 Å². The smallest absolute Gasteiger partial charge is 0.124 e. The Hall–Kier alpha value is -0.800. The summed E-state index contributed by atoms with van der Waals surface area (Å²) < 4.78 is 0. The molecule has 0 aromatic heterocycles. The predicted molar refractivity (Wildman–Crippen MR) is 79.3 cm³/mol. The Morgan fingerprint density at radius 3 is 3.00 bits per heavy atom. The molecule has 0 spiro atoms. The number of unbranched alkanes of at least 4 members (excludes halogenated alkanes) is 1. The number of rotatable bonds is 6. The third kappa shape index (κ3) is 3.40. The molecule has 2 aliphatic rings. The van der Waals surface area contributed by atoms with Crippen molar-refractivity contribution in [3.63, 3.8) is 0 Å². The molecule has 2 rings (SSSR count). The molecule has 0 saturated heterocycles. The van der Waals surface area contributed by atoms with Crippen LogP contribution >= 0.6 is 0 Å². The number of allylic oxidation sites excluding steroid dienone is 4. The van der Waals surface area contributed by atoms with Crippen LogP contribution in [0.2, 0.25) is 0 Å². The number of aliphatic hydroxyl groups is 1. The molecular weight excluding hydrogens is 236 g/mol. The van der Waals surface area contributed by atoms with E-state index in [1.54, 1.807) is 5.57 Å². The molecule has 1 fully saturated rings. The largest absolute Gasteiger partial charge is 0.374 e.